The number of thiol groups is 1. The molecule has 0 unspecified atom stereocenters. The van der Waals surface area contributed by atoms with E-state index in [0.29, 0.717) is 0 Å². The molecule has 2 N–H and O–H groups in total. The third kappa shape index (κ3) is 2.47. The third-order valence-corrected chi connectivity index (χ3v) is 3.60. The largest absolute Gasteiger partial charge is 0.414 e. The van der Waals surface area contributed by atoms with Crippen LogP contribution in [0, 0.1) is 0 Å². The lowest BCUT2D eigenvalue weighted by Gasteiger charge is -2.24. The first-order valence-electron chi connectivity index (χ1n) is 3.51. The smallest absolute Gasteiger partial charge is 0.402 e. The summed E-state index contributed by atoms with van der Waals surface area (Å²) >= 11 is -0.486. The first kappa shape index (κ1) is 7.72. The third-order valence-electron chi connectivity index (χ3n) is 1.53. The van der Waals surface area contributed by atoms with Crippen LogP contribution in [0.4, 0.5) is 4.79 Å². The van der Waals surface area contributed by atoms with Crippen LogP contribution in [0.5, 0.6) is 0 Å². The summed E-state index contributed by atoms with van der Waals surface area (Å²) in [5, 5.41) is 0. The average molecular weight is 163 g/mol. The lowest BCUT2D eigenvalue weighted by atomic mass is 10.3. The first-order valence-corrected chi connectivity index (χ1v) is 5.14. The van der Waals surface area contributed by atoms with Gasteiger partial charge in [-0.1, -0.05) is 17.6 Å². The molecule has 1 saturated heterocycles. The van der Waals surface area contributed by atoms with Gasteiger partial charge in [-0.3, -0.25) is 0 Å². The number of hydrogen-bond donors (Lipinski definition) is 2. The molecule has 1 amide bonds. The van der Waals surface area contributed by atoms with Crippen LogP contribution < -0.4 is 5.73 Å². The minimum absolute atomic E-state index is 0.486. The van der Waals surface area contributed by atoms with Gasteiger partial charge in [-0.2, -0.15) is 0 Å². The molecule has 3 nitrogen and oxygen atoms in total. The molecule has 1 fully saturated rings. The lowest BCUT2D eigenvalue weighted by Crippen LogP contribution is -2.15. The molecule has 1 rings (SSSR count). The highest BCUT2D eigenvalue weighted by Gasteiger charge is 2.11. The second-order valence-electron chi connectivity index (χ2n) is 2.40. The monoisotopic (exact) mass is 163 g/mol. The Hall–Kier alpha value is -0.380. The lowest BCUT2D eigenvalue weighted by molar-refractivity contribution is 0.217. The standard InChI is InChI=1S/C6H13NO2S/c7-6(8)9-10-4-2-1-3-5-10/h10H,1-5H2,(H2,7,8). The second kappa shape index (κ2) is 3.71. The predicted molar refractivity (Wildman–Crippen MR) is 43.2 cm³/mol. The molecule has 10 heavy (non-hydrogen) atoms. The molecule has 0 aliphatic carbocycles. The molecule has 0 aromatic rings. The summed E-state index contributed by atoms with van der Waals surface area (Å²) in [6, 6.07) is 0. The molecule has 0 bridgehead atoms. The Balaban J connectivity index is 2.19. The Kier molecular flexibility index (Phi) is 2.86. The molecule has 1 heterocycles. The molecule has 0 atom stereocenters. The topological polar surface area (TPSA) is 52.3 Å². The Morgan fingerprint density at radius 2 is 1.90 bits per heavy atom. The maximum Gasteiger partial charge on any atom is 0.414 e. The number of carbonyl (C=O) groups is 1. The van der Waals surface area contributed by atoms with Gasteiger partial charge in [0.1, 0.15) is 0 Å². The number of amides is 1. The average Bonchev–Trinajstić information content (AvgIpc) is 1.88. The summed E-state index contributed by atoms with van der Waals surface area (Å²) < 4.78 is 4.89. The predicted octanol–water partition coefficient (Wildman–Crippen LogP) is 1.18. The van der Waals surface area contributed by atoms with E-state index >= 15 is 0 Å². The molecule has 1 aliphatic heterocycles. The van der Waals surface area contributed by atoms with E-state index in [1.165, 1.54) is 19.3 Å². The van der Waals surface area contributed by atoms with Gasteiger partial charge in [0.15, 0.2) is 0 Å². The maximum absolute atomic E-state index is 10.3. The van der Waals surface area contributed by atoms with E-state index in [2.05, 4.69) is 0 Å². The summed E-state index contributed by atoms with van der Waals surface area (Å²) in [5.74, 6) is 2.11. The molecule has 1 aliphatic rings. The fourth-order valence-electron chi connectivity index (χ4n) is 1.08. The van der Waals surface area contributed by atoms with Crippen molar-refractivity contribution in [1.82, 2.24) is 0 Å². The van der Waals surface area contributed by atoms with Crippen LogP contribution in [0.1, 0.15) is 19.3 Å². The molecule has 60 valence electrons. The molecule has 0 spiro atoms. The zero-order valence-corrected chi connectivity index (χ0v) is 6.77. The number of carbonyl (C=O) groups excluding carboxylic acids is 1. The summed E-state index contributed by atoms with van der Waals surface area (Å²) in [4.78, 5) is 10.3. The summed E-state index contributed by atoms with van der Waals surface area (Å²) in [5.41, 5.74) is 4.88. The highest BCUT2D eigenvalue weighted by Crippen LogP contribution is 2.33. The first-order chi connectivity index (χ1) is 4.79. The molecular formula is C6H13NO2S. The molecule has 0 aromatic carbocycles. The van der Waals surface area contributed by atoms with Crippen LogP contribution in [-0.4, -0.2) is 17.6 Å². The Bertz CT molecular complexity index is 123. The quantitative estimate of drug-likeness (QED) is 0.570. The fourth-order valence-corrected chi connectivity index (χ4v) is 2.90. The van der Waals surface area contributed by atoms with Crippen LogP contribution >= 0.6 is 11.2 Å². The van der Waals surface area contributed by atoms with Gasteiger partial charge in [0, 0.05) is 11.5 Å². The van der Waals surface area contributed by atoms with Gasteiger partial charge in [-0.25, -0.2) is 4.79 Å². The van der Waals surface area contributed by atoms with Crippen molar-refractivity contribution in [2.75, 3.05) is 11.5 Å². The molecule has 0 aromatic heterocycles. The van der Waals surface area contributed by atoms with Gasteiger partial charge >= 0.3 is 6.09 Å². The van der Waals surface area contributed by atoms with Gasteiger partial charge in [-0.05, 0) is 12.8 Å². The maximum atomic E-state index is 10.3. The van der Waals surface area contributed by atoms with E-state index in [1.807, 2.05) is 0 Å². The molecule has 4 heteroatoms. The minimum Gasteiger partial charge on any atom is -0.402 e. The number of primary amides is 1. The molecule has 0 saturated carbocycles. The zero-order valence-electron chi connectivity index (χ0n) is 5.88. The number of hydrogen-bond acceptors (Lipinski definition) is 2. The van der Waals surface area contributed by atoms with Gasteiger partial charge in [0.05, 0.1) is 0 Å². The van der Waals surface area contributed by atoms with E-state index < -0.39 is 17.3 Å². The van der Waals surface area contributed by atoms with Crippen LogP contribution in [0.3, 0.4) is 0 Å². The van der Waals surface area contributed by atoms with Crippen LogP contribution in [-0.2, 0) is 4.18 Å². The Morgan fingerprint density at radius 3 is 2.40 bits per heavy atom. The van der Waals surface area contributed by atoms with Crippen molar-refractivity contribution in [3.63, 3.8) is 0 Å². The van der Waals surface area contributed by atoms with Gasteiger partial charge < -0.3 is 9.92 Å². The highest BCUT2D eigenvalue weighted by molar-refractivity contribution is 8.13. The second-order valence-corrected chi connectivity index (χ2v) is 4.44. The highest BCUT2D eigenvalue weighted by atomic mass is 32.2. The van der Waals surface area contributed by atoms with Crippen LogP contribution in [0.25, 0.3) is 0 Å². The Morgan fingerprint density at radius 1 is 1.30 bits per heavy atom. The van der Waals surface area contributed by atoms with Crippen molar-refractivity contribution in [3.8, 4) is 0 Å². The van der Waals surface area contributed by atoms with Crippen molar-refractivity contribution >= 4 is 17.3 Å². The van der Waals surface area contributed by atoms with Crippen molar-refractivity contribution in [3.05, 3.63) is 0 Å². The van der Waals surface area contributed by atoms with E-state index in [4.69, 9.17) is 9.92 Å². The number of rotatable bonds is 1. The van der Waals surface area contributed by atoms with Crippen molar-refractivity contribution < 1.29 is 8.98 Å². The van der Waals surface area contributed by atoms with Crippen LogP contribution in [0.15, 0.2) is 0 Å². The SMILES string of the molecule is NC(=O)O[SH]1CCCCC1. The molecule has 0 radical (unpaired) electrons. The van der Waals surface area contributed by atoms with Crippen molar-refractivity contribution in [1.29, 1.82) is 0 Å². The van der Waals surface area contributed by atoms with Gasteiger partial charge in [0.2, 0.25) is 0 Å². The van der Waals surface area contributed by atoms with E-state index in [0.717, 1.165) is 11.5 Å². The van der Waals surface area contributed by atoms with Crippen LogP contribution in [0.2, 0.25) is 0 Å². The molecular weight excluding hydrogens is 150 g/mol. The van der Waals surface area contributed by atoms with E-state index in [-0.39, 0.29) is 0 Å². The van der Waals surface area contributed by atoms with Gasteiger partial charge in [0.25, 0.3) is 0 Å². The van der Waals surface area contributed by atoms with E-state index in [9.17, 15) is 4.79 Å². The minimum atomic E-state index is -0.604. The summed E-state index contributed by atoms with van der Waals surface area (Å²) in [7, 11) is 0. The summed E-state index contributed by atoms with van der Waals surface area (Å²) in [6.07, 6.45) is 3.06. The normalized spacial score (nSPS) is 22.2. The Labute approximate surface area is 63.5 Å². The van der Waals surface area contributed by atoms with Gasteiger partial charge in [-0.15, -0.1) is 0 Å². The zero-order chi connectivity index (χ0) is 7.40. The van der Waals surface area contributed by atoms with E-state index in [1.54, 1.807) is 0 Å². The summed E-state index contributed by atoms with van der Waals surface area (Å²) in [6.45, 7) is 0. The van der Waals surface area contributed by atoms with Crippen molar-refractivity contribution in [2.45, 2.75) is 19.3 Å². The van der Waals surface area contributed by atoms with Crippen molar-refractivity contribution in [2.24, 2.45) is 5.73 Å². The fraction of sp³-hybridized carbons (Fsp3) is 0.833. The number of nitrogens with two attached hydrogens (primary N) is 1.